The number of hydrogen-bond acceptors (Lipinski definition) is 5. The second-order valence-corrected chi connectivity index (χ2v) is 8.17. The summed E-state index contributed by atoms with van der Waals surface area (Å²) in [6.45, 7) is 11.9. The number of carbonyl (C=O) groups is 1. The number of carbonyl (C=O) groups excluding carboxylic acids is 1. The smallest absolute Gasteiger partial charge is 0.136 e. The topological polar surface area (TPSA) is 76.5 Å². The first kappa shape index (κ1) is 23.9. The Morgan fingerprint density at radius 2 is 2.14 bits per heavy atom. The van der Waals surface area contributed by atoms with Gasteiger partial charge in [0.15, 0.2) is 0 Å². The fourth-order valence-electron chi connectivity index (χ4n) is 2.38. The molecule has 1 aromatic rings. The summed E-state index contributed by atoms with van der Waals surface area (Å²) in [6.07, 6.45) is 10.5. The van der Waals surface area contributed by atoms with Gasteiger partial charge in [-0.1, -0.05) is 56.4 Å². The second-order valence-electron chi connectivity index (χ2n) is 7.32. The van der Waals surface area contributed by atoms with Crippen LogP contribution in [0.5, 0.6) is 0 Å². The van der Waals surface area contributed by atoms with Crippen LogP contribution in [0.1, 0.15) is 43.8 Å². The fraction of sp³-hybridized carbons (Fsp3) is 0.455. The molecule has 0 fully saturated rings. The maximum absolute atomic E-state index is 10.7. The summed E-state index contributed by atoms with van der Waals surface area (Å²) in [5.74, 6) is 0. The summed E-state index contributed by atoms with van der Waals surface area (Å²) in [6, 6.07) is 0. The van der Waals surface area contributed by atoms with E-state index in [1.165, 1.54) is 7.05 Å². The number of amides is 1. The molecule has 1 amide bonds. The SMILES string of the molecule is C=CCC=CCc1csc(C(C)(C)C(O)CC=CC(=C)CCN(C)C(=O)[O-])n1. The number of aliphatic hydroxyl groups is 1. The van der Waals surface area contributed by atoms with Crippen LogP contribution in [0.15, 0.2) is 54.5 Å². The zero-order chi connectivity index (χ0) is 21.2. The quantitative estimate of drug-likeness (QED) is 0.427. The van der Waals surface area contributed by atoms with Crippen molar-refractivity contribution in [3.05, 3.63) is 65.2 Å². The second kappa shape index (κ2) is 11.6. The molecule has 0 aromatic carbocycles. The fourth-order valence-corrected chi connectivity index (χ4v) is 3.39. The standard InChI is InChI=1S/C22H32N2O3S/c1-6-7-8-9-12-18-16-28-20(23-18)22(3,4)19(25)13-10-11-17(2)14-15-24(5)21(26)27/h6,8-11,16,19,25H,1-2,7,12-15H2,3-5H3,(H,26,27)/p-1. The molecule has 0 aliphatic heterocycles. The molecular formula is C22H31N2O3S-. The third kappa shape index (κ3) is 7.82. The van der Waals surface area contributed by atoms with Gasteiger partial charge in [-0.05, 0) is 19.3 Å². The molecule has 0 saturated heterocycles. The zero-order valence-electron chi connectivity index (χ0n) is 17.1. The van der Waals surface area contributed by atoms with Crippen molar-refractivity contribution in [1.29, 1.82) is 0 Å². The van der Waals surface area contributed by atoms with Crippen molar-refractivity contribution in [1.82, 2.24) is 9.88 Å². The summed E-state index contributed by atoms with van der Waals surface area (Å²) in [5.41, 5.74) is 1.34. The average molecular weight is 404 g/mol. The molecule has 6 heteroatoms. The van der Waals surface area contributed by atoms with Gasteiger partial charge in [0, 0.05) is 30.8 Å². The maximum Gasteiger partial charge on any atom is 0.136 e. The van der Waals surface area contributed by atoms with E-state index in [-0.39, 0.29) is 0 Å². The van der Waals surface area contributed by atoms with Crippen LogP contribution in [0.2, 0.25) is 0 Å². The molecule has 1 unspecified atom stereocenters. The van der Waals surface area contributed by atoms with Crippen LogP contribution in [0.3, 0.4) is 0 Å². The molecule has 0 aliphatic carbocycles. The largest absolute Gasteiger partial charge is 0.530 e. The predicted molar refractivity (Wildman–Crippen MR) is 114 cm³/mol. The first-order valence-electron chi connectivity index (χ1n) is 9.33. The minimum atomic E-state index is -1.20. The van der Waals surface area contributed by atoms with E-state index in [0.29, 0.717) is 19.4 Å². The number of aliphatic hydroxyl groups excluding tert-OH is 1. The van der Waals surface area contributed by atoms with Crippen LogP contribution < -0.4 is 5.11 Å². The van der Waals surface area contributed by atoms with Crippen molar-refractivity contribution in [3.63, 3.8) is 0 Å². The normalized spacial score (nSPS) is 13.1. The third-order valence-electron chi connectivity index (χ3n) is 4.53. The van der Waals surface area contributed by atoms with Gasteiger partial charge in [-0.2, -0.15) is 0 Å². The number of aromatic nitrogens is 1. The number of hydrogen-bond donors (Lipinski definition) is 1. The molecule has 1 heterocycles. The predicted octanol–water partition coefficient (Wildman–Crippen LogP) is 3.62. The van der Waals surface area contributed by atoms with Gasteiger partial charge in [-0.25, -0.2) is 4.98 Å². The van der Waals surface area contributed by atoms with Crippen LogP contribution in [-0.2, 0) is 11.8 Å². The van der Waals surface area contributed by atoms with Gasteiger partial charge in [0.25, 0.3) is 0 Å². The Bertz CT molecular complexity index is 719. The Balaban J connectivity index is 2.56. The van der Waals surface area contributed by atoms with E-state index in [0.717, 1.165) is 34.0 Å². The first-order chi connectivity index (χ1) is 13.2. The Kier molecular flexibility index (Phi) is 9.90. The first-order valence-corrected chi connectivity index (χ1v) is 10.2. The lowest BCUT2D eigenvalue weighted by Gasteiger charge is -2.27. The lowest BCUT2D eigenvalue weighted by Crippen LogP contribution is -2.38. The molecular weight excluding hydrogens is 372 g/mol. The molecule has 0 aliphatic rings. The number of nitrogens with zero attached hydrogens (tertiary/aromatic N) is 2. The van der Waals surface area contributed by atoms with Crippen LogP contribution in [-0.4, -0.2) is 40.8 Å². The summed E-state index contributed by atoms with van der Waals surface area (Å²) in [7, 11) is 1.47. The summed E-state index contributed by atoms with van der Waals surface area (Å²) >= 11 is 1.57. The number of thiazole rings is 1. The molecule has 28 heavy (non-hydrogen) atoms. The summed E-state index contributed by atoms with van der Waals surface area (Å²) < 4.78 is 0. The van der Waals surface area contributed by atoms with Crippen molar-refractivity contribution >= 4 is 17.4 Å². The van der Waals surface area contributed by atoms with Crippen molar-refractivity contribution in [2.24, 2.45) is 0 Å². The van der Waals surface area contributed by atoms with Crippen LogP contribution in [0.4, 0.5) is 4.79 Å². The van der Waals surface area contributed by atoms with Crippen molar-refractivity contribution in [2.75, 3.05) is 13.6 Å². The molecule has 0 saturated carbocycles. The minimum absolute atomic E-state index is 0.336. The molecule has 0 radical (unpaired) electrons. The van der Waals surface area contributed by atoms with E-state index >= 15 is 0 Å². The Morgan fingerprint density at radius 1 is 1.43 bits per heavy atom. The lowest BCUT2D eigenvalue weighted by atomic mass is 9.85. The van der Waals surface area contributed by atoms with E-state index in [9.17, 15) is 15.0 Å². The van der Waals surface area contributed by atoms with Crippen LogP contribution in [0, 0.1) is 0 Å². The van der Waals surface area contributed by atoms with Crippen molar-refractivity contribution in [3.8, 4) is 0 Å². The van der Waals surface area contributed by atoms with Gasteiger partial charge < -0.3 is 19.9 Å². The molecule has 1 rings (SSSR count). The lowest BCUT2D eigenvalue weighted by molar-refractivity contribution is -0.263. The Hall–Kier alpha value is -2.18. The highest BCUT2D eigenvalue weighted by molar-refractivity contribution is 7.09. The number of allylic oxidation sites excluding steroid dienone is 4. The minimum Gasteiger partial charge on any atom is -0.530 e. The van der Waals surface area contributed by atoms with Gasteiger partial charge in [0.05, 0.1) is 11.8 Å². The molecule has 0 spiro atoms. The van der Waals surface area contributed by atoms with Crippen molar-refractivity contribution < 1.29 is 15.0 Å². The third-order valence-corrected chi connectivity index (χ3v) is 5.76. The van der Waals surface area contributed by atoms with Gasteiger partial charge >= 0.3 is 0 Å². The van der Waals surface area contributed by atoms with E-state index in [1.807, 2.05) is 37.5 Å². The number of carboxylic acid groups (broad SMARTS) is 1. The van der Waals surface area contributed by atoms with Gasteiger partial charge in [-0.15, -0.1) is 17.9 Å². The number of rotatable bonds is 12. The molecule has 154 valence electrons. The van der Waals surface area contributed by atoms with Gasteiger partial charge in [-0.3, -0.25) is 0 Å². The summed E-state index contributed by atoms with van der Waals surface area (Å²) in [5, 5.41) is 24.3. The van der Waals surface area contributed by atoms with Gasteiger partial charge in [0.2, 0.25) is 0 Å². The van der Waals surface area contributed by atoms with Crippen LogP contribution >= 0.6 is 11.3 Å². The van der Waals surface area contributed by atoms with E-state index in [4.69, 9.17) is 0 Å². The highest BCUT2D eigenvalue weighted by Crippen LogP contribution is 2.31. The highest BCUT2D eigenvalue weighted by Gasteiger charge is 2.32. The monoisotopic (exact) mass is 403 g/mol. The van der Waals surface area contributed by atoms with Crippen molar-refractivity contribution in [2.45, 2.75) is 51.0 Å². The maximum atomic E-state index is 10.7. The van der Waals surface area contributed by atoms with E-state index < -0.39 is 17.6 Å². The molecule has 1 N–H and O–H groups in total. The summed E-state index contributed by atoms with van der Waals surface area (Å²) in [4.78, 5) is 16.5. The van der Waals surface area contributed by atoms with Crippen LogP contribution in [0.25, 0.3) is 0 Å². The Labute approximate surface area is 172 Å². The van der Waals surface area contributed by atoms with E-state index in [1.54, 1.807) is 11.3 Å². The zero-order valence-corrected chi connectivity index (χ0v) is 17.9. The van der Waals surface area contributed by atoms with Gasteiger partial charge in [0.1, 0.15) is 11.1 Å². The molecule has 1 aromatic heterocycles. The van der Waals surface area contributed by atoms with E-state index in [2.05, 4.69) is 30.3 Å². The molecule has 1 atom stereocenters. The Morgan fingerprint density at radius 3 is 2.79 bits per heavy atom. The highest BCUT2D eigenvalue weighted by atomic mass is 32.1. The molecule has 0 bridgehead atoms. The average Bonchev–Trinajstić information content (AvgIpc) is 3.12. The molecule has 5 nitrogen and oxygen atoms in total.